The molecule has 0 saturated carbocycles. The molecule has 7 heteroatoms. The van der Waals surface area contributed by atoms with E-state index in [9.17, 15) is 9.18 Å². The van der Waals surface area contributed by atoms with Crippen molar-refractivity contribution in [3.8, 4) is 0 Å². The van der Waals surface area contributed by atoms with Gasteiger partial charge in [0.05, 0.1) is 11.3 Å². The van der Waals surface area contributed by atoms with E-state index in [0.717, 1.165) is 18.8 Å². The summed E-state index contributed by atoms with van der Waals surface area (Å²) in [5, 5.41) is 13.0. The molecule has 1 heterocycles. The number of hydrogen-bond donors (Lipinski definition) is 1. The van der Waals surface area contributed by atoms with E-state index >= 15 is 0 Å². The number of thioether (sulfide) groups is 1. The lowest BCUT2D eigenvalue weighted by Crippen LogP contribution is -2.04. The van der Waals surface area contributed by atoms with Crippen molar-refractivity contribution in [1.82, 2.24) is 14.8 Å². The Bertz CT molecular complexity index is 615. The summed E-state index contributed by atoms with van der Waals surface area (Å²) in [6, 6.07) is 4.07. The highest BCUT2D eigenvalue weighted by Crippen LogP contribution is 2.24. The van der Waals surface area contributed by atoms with Crippen LogP contribution in [0, 0.1) is 5.82 Å². The normalized spacial score (nSPS) is 10.7. The number of hydrogen-bond acceptors (Lipinski definition) is 4. The van der Waals surface area contributed by atoms with Crippen molar-refractivity contribution in [1.29, 1.82) is 0 Å². The van der Waals surface area contributed by atoms with E-state index in [4.69, 9.17) is 5.11 Å². The van der Waals surface area contributed by atoms with Crippen LogP contribution >= 0.6 is 11.8 Å². The van der Waals surface area contributed by atoms with Crippen molar-refractivity contribution in [3.05, 3.63) is 41.7 Å². The van der Waals surface area contributed by atoms with Gasteiger partial charge in [-0.1, -0.05) is 6.92 Å². The minimum Gasteiger partial charge on any atom is -0.478 e. The summed E-state index contributed by atoms with van der Waals surface area (Å²) >= 11 is 1.41. The Balaban J connectivity index is 2.09. The van der Waals surface area contributed by atoms with E-state index < -0.39 is 11.8 Å². The molecule has 0 fully saturated rings. The summed E-state index contributed by atoms with van der Waals surface area (Å²) in [4.78, 5) is 15.7. The molecule has 0 aliphatic heterocycles. The number of rotatable bonds is 6. The zero-order valence-corrected chi connectivity index (χ0v) is 11.7. The van der Waals surface area contributed by atoms with Gasteiger partial charge in [-0.25, -0.2) is 18.9 Å². The predicted octanol–water partition coefficient (Wildman–Crippen LogP) is 2.82. The first kappa shape index (κ1) is 14.5. The lowest BCUT2D eigenvalue weighted by molar-refractivity contribution is 0.0691. The molecule has 106 valence electrons. The van der Waals surface area contributed by atoms with Gasteiger partial charge in [0.1, 0.15) is 18.0 Å². The average Bonchev–Trinajstić information content (AvgIpc) is 2.85. The van der Waals surface area contributed by atoms with Crippen molar-refractivity contribution in [2.24, 2.45) is 0 Å². The van der Waals surface area contributed by atoms with Gasteiger partial charge in [-0.05, 0) is 24.6 Å². The lowest BCUT2D eigenvalue weighted by Gasteiger charge is -2.05. The maximum atomic E-state index is 13.3. The fourth-order valence-electron chi connectivity index (χ4n) is 1.70. The molecule has 1 N–H and O–H groups in total. The Morgan fingerprint density at radius 2 is 2.30 bits per heavy atom. The maximum absolute atomic E-state index is 13.3. The number of aryl methyl sites for hydroxylation is 1. The Morgan fingerprint density at radius 3 is 3.00 bits per heavy atom. The molecule has 0 unspecified atom stereocenters. The van der Waals surface area contributed by atoms with Gasteiger partial charge < -0.3 is 5.11 Å². The maximum Gasteiger partial charge on any atom is 0.338 e. The third-order valence-electron chi connectivity index (χ3n) is 2.67. The molecule has 1 aromatic heterocycles. The van der Waals surface area contributed by atoms with Gasteiger partial charge in [-0.2, -0.15) is 5.10 Å². The molecule has 0 saturated heterocycles. The van der Waals surface area contributed by atoms with Crippen molar-refractivity contribution < 1.29 is 14.3 Å². The van der Waals surface area contributed by atoms with Crippen molar-refractivity contribution in [2.45, 2.75) is 30.5 Å². The molecule has 2 rings (SSSR count). The highest BCUT2D eigenvalue weighted by Gasteiger charge is 2.12. The molecule has 0 atom stereocenters. The zero-order chi connectivity index (χ0) is 14.5. The third-order valence-corrected chi connectivity index (χ3v) is 3.66. The number of carbonyl (C=O) groups is 1. The van der Waals surface area contributed by atoms with Gasteiger partial charge in [0, 0.05) is 11.4 Å². The highest BCUT2D eigenvalue weighted by molar-refractivity contribution is 7.98. The van der Waals surface area contributed by atoms with Crippen LogP contribution in [0.5, 0.6) is 0 Å². The molecule has 0 aliphatic carbocycles. The Morgan fingerprint density at radius 1 is 1.50 bits per heavy atom. The van der Waals surface area contributed by atoms with Crippen molar-refractivity contribution >= 4 is 17.7 Å². The number of carboxylic acids is 1. The fraction of sp³-hybridized carbons (Fsp3) is 0.308. The third kappa shape index (κ3) is 3.36. The van der Waals surface area contributed by atoms with Gasteiger partial charge in [-0.15, -0.1) is 11.8 Å². The first-order chi connectivity index (χ1) is 9.61. The summed E-state index contributed by atoms with van der Waals surface area (Å²) in [6.45, 7) is 2.84. The molecule has 1 aromatic carbocycles. The molecule has 2 aromatic rings. The predicted molar refractivity (Wildman–Crippen MR) is 73.2 cm³/mol. The molecular weight excluding hydrogens is 281 g/mol. The Kier molecular flexibility index (Phi) is 4.73. The van der Waals surface area contributed by atoms with E-state index in [2.05, 4.69) is 17.0 Å². The number of carboxylic acid groups (broad SMARTS) is 1. The van der Waals surface area contributed by atoms with E-state index in [1.807, 2.05) is 4.68 Å². The van der Waals surface area contributed by atoms with Gasteiger partial charge in [0.15, 0.2) is 0 Å². The second-order valence-corrected chi connectivity index (χ2v) is 5.18. The summed E-state index contributed by atoms with van der Waals surface area (Å²) in [5.74, 6) is -0.613. The summed E-state index contributed by atoms with van der Waals surface area (Å²) < 4.78 is 15.1. The van der Waals surface area contributed by atoms with Crippen LogP contribution in [0.3, 0.4) is 0 Å². The van der Waals surface area contributed by atoms with Crippen molar-refractivity contribution in [2.75, 3.05) is 0 Å². The molecular formula is C13H14FN3O2S. The lowest BCUT2D eigenvalue weighted by atomic mass is 10.2. The number of halogens is 1. The van der Waals surface area contributed by atoms with Crippen LogP contribution in [0.25, 0.3) is 0 Å². The topological polar surface area (TPSA) is 68.0 Å². The van der Waals surface area contributed by atoms with Gasteiger partial charge in [0.2, 0.25) is 0 Å². The van der Waals surface area contributed by atoms with Crippen LogP contribution in [-0.2, 0) is 12.3 Å². The standard InChI is InChI=1S/C13H14FN3O2S/c1-2-5-17-12(15-8-16-17)7-20-9-3-4-11(14)10(6-9)13(18)19/h3-4,6,8H,2,5,7H2,1H3,(H,18,19). The van der Waals surface area contributed by atoms with Gasteiger partial charge >= 0.3 is 5.97 Å². The largest absolute Gasteiger partial charge is 0.478 e. The molecule has 0 amide bonds. The second kappa shape index (κ2) is 6.51. The molecule has 0 spiro atoms. The number of aromatic nitrogens is 3. The monoisotopic (exact) mass is 295 g/mol. The van der Waals surface area contributed by atoms with Gasteiger partial charge in [-0.3, -0.25) is 0 Å². The highest BCUT2D eigenvalue weighted by atomic mass is 32.2. The molecule has 0 radical (unpaired) electrons. The first-order valence-electron chi connectivity index (χ1n) is 6.14. The Labute approximate surface area is 119 Å². The SMILES string of the molecule is CCCn1ncnc1CSc1ccc(F)c(C(=O)O)c1. The van der Waals surface area contributed by atoms with Crippen LogP contribution in [-0.4, -0.2) is 25.8 Å². The Hall–Kier alpha value is -1.89. The van der Waals surface area contributed by atoms with Crippen LogP contribution in [0.2, 0.25) is 0 Å². The van der Waals surface area contributed by atoms with Crippen LogP contribution in [0.4, 0.5) is 4.39 Å². The minimum absolute atomic E-state index is 0.315. The van der Waals surface area contributed by atoms with E-state index in [1.54, 1.807) is 6.07 Å². The second-order valence-electron chi connectivity index (χ2n) is 4.13. The summed E-state index contributed by atoms with van der Waals surface area (Å²) in [6.07, 6.45) is 2.46. The van der Waals surface area contributed by atoms with Crippen LogP contribution in [0.15, 0.2) is 29.4 Å². The van der Waals surface area contributed by atoms with E-state index in [1.165, 1.54) is 30.2 Å². The first-order valence-corrected chi connectivity index (χ1v) is 7.12. The number of benzene rings is 1. The average molecular weight is 295 g/mol. The quantitative estimate of drug-likeness (QED) is 0.830. The van der Waals surface area contributed by atoms with Crippen LogP contribution in [0.1, 0.15) is 29.5 Å². The summed E-state index contributed by atoms with van der Waals surface area (Å²) in [5.41, 5.74) is -0.315. The van der Waals surface area contributed by atoms with E-state index in [0.29, 0.717) is 10.6 Å². The van der Waals surface area contributed by atoms with E-state index in [-0.39, 0.29) is 5.56 Å². The molecule has 0 bridgehead atoms. The fourth-order valence-corrected chi connectivity index (χ4v) is 2.59. The minimum atomic E-state index is -1.26. The number of nitrogens with zero attached hydrogens (tertiary/aromatic N) is 3. The molecule has 0 aliphatic rings. The van der Waals surface area contributed by atoms with Crippen molar-refractivity contribution in [3.63, 3.8) is 0 Å². The summed E-state index contributed by atoms with van der Waals surface area (Å²) in [7, 11) is 0. The molecule has 20 heavy (non-hydrogen) atoms. The zero-order valence-electron chi connectivity index (χ0n) is 10.9. The van der Waals surface area contributed by atoms with Gasteiger partial charge in [0.25, 0.3) is 0 Å². The van der Waals surface area contributed by atoms with Crippen LogP contribution < -0.4 is 0 Å². The smallest absolute Gasteiger partial charge is 0.338 e. The molecule has 5 nitrogen and oxygen atoms in total. The number of aromatic carboxylic acids is 1.